The normalized spacial score (nSPS) is 15.8. The summed E-state index contributed by atoms with van der Waals surface area (Å²) in [5.41, 5.74) is 4.59. The lowest BCUT2D eigenvalue weighted by molar-refractivity contribution is 0.0544. The predicted molar refractivity (Wildman–Crippen MR) is 198 cm³/mol. The fourth-order valence-corrected chi connectivity index (χ4v) is 7.43. The van der Waals surface area contributed by atoms with Crippen LogP contribution in [0.25, 0.3) is 5.69 Å². The Morgan fingerprint density at radius 3 is 2.43 bits per heavy atom. The van der Waals surface area contributed by atoms with Crippen LogP contribution in [0.15, 0.2) is 53.9 Å². The van der Waals surface area contributed by atoms with Crippen molar-refractivity contribution in [2.24, 2.45) is 0 Å². The highest BCUT2D eigenvalue weighted by molar-refractivity contribution is 7.14. The summed E-state index contributed by atoms with van der Waals surface area (Å²) in [4.78, 5) is 52.0. The van der Waals surface area contributed by atoms with Crippen LogP contribution in [-0.2, 0) is 17.7 Å². The molecule has 4 aromatic rings. The summed E-state index contributed by atoms with van der Waals surface area (Å²) in [6, 6.07) is 14.4. The van der Waals surface area contributed by atoms with Gasteiger partial charge in [0, 0.05) is 49.5 Å². The number of hydrogen-bond donors (Lipinski definition) is 2. The van der Waals surface area contributed by atoms with Gasteiger partial charge in [0.15, 0.2) is 10.8 Å². The average Bonchev–Trinajstić information content (AvgIpc) is 3.82. The summed E-state index contributed by atoms with van der Waals surface area (Å²) in [5.74, 6) is -0.837. The third kappa shape index (κ3) is 8.16. The molecule has 3 amide bonds. The van der Waals surface area contributed by atoms with E-state index in [1.807, 2.05) is 36.1 Å². The third-order valence-corrected chi connectivity index (χ3v) is 10.4. The van der Waals surface area contributed by atoms with Crippen molar-refractivity contribution >= 4 is 39.9 Å². The second-order valence-corrected chi connectivity index (χ2v) is 14.0. The lowest BCUT2D eigenvalue weighted by atomic mass is 9.93. The van der Waals surface area contributed by atoms with Gasteiger partial charge in [-0.2, -0.15) is 5.10 Å². The van der Waals surface area contributed by atoms with Crippen LogP contribution >= 0.6 is 11.3 Å². The molecule has 0 bridgehead atoms. The molecule has 13 heteroatoms. The molecular weight excluding hydrogens is 667 g/mol. The minimum absolute atomic E-state index is 0.136. The number of nitrogens with one attached hydrogen (secondary N) is 1. The standard InChI is InChI=1S/C38H47N7O5S/c1-4-6-14-42(15-7-5-2)37(49)32-20-26(3)45(41-32)34-13-12-29(39-35(47)33-25-51-38(40-33)43-16-18-50-19-17-43)22-31(34)36(48)44-23-28-11-9-8-10-27(28)21-30(44)24-46/h8-13,20,22,25,30,46H,4-7,14-19,21,23-24H2,1-3H3,(H,39,47)/t30-/m0/s1. The Morgan fingerprint density at radius 1 is 1.00 bits per heavy atom. The molecule has 51 heavy (non-hydrogen) atoms. The van der Waals surface area contributed by atoms with E-state index >= 15 is 0 Å². The number of ether oxygens (including phenoxy) is 1. The number of aromatic nitrogens is 3. The molecule has 2 N–H and O–H groups in total. The molecule has 1 fully saturated rings. The molecule has 2 aliphatic rings. The number of aliphatic hydroxyl groups is 1. The fourth-order valence-electron chi connectivity index (χ4n) is 6.57. The summed E-state index contributed by atoms with van der Waals surface area (Å²) >= 11 is 1.41. The molecule has 4 heterocycles. The second kappa shape index (κ2) is 16.6. The van der Waals surface area contributed by atoms with Crippen LogP contribution in [0.1, 0.15) is 87.7 Å². The molecule has 0 unspecified atom stereocenters. The first kappa shape index (κ1) is 36.2. The number of rotatable bonds is 13. The third-order valence-electron chi connectivity index (χ3n) is 9.50. The monoisotopic (exact) mass is 713 g/mol. The van der Waals surface area contributed by atoms with Crippen LogP contribution in [0.4, 0.5) is 10.8 Å². The van der Waals surface area contributed by atoms with Crippen molar-refractivity contribution in [1.29, 1.82) is 0 Å². The van der Waals surface area contributed by atoms with Crippen molar-refractivity contribution in [2.45, 2.75) is 65.5 Å². The SMILES string of the molecule is CCCCN(CCCC)C(=O)c1cc(C)n(-c2ccc(NC(=O)c3csc(N4CCOCC4)n3)cc2C(=O)N2Cc3ccccc3C[C@H]2CO)n1. The molecule has 0 saturated carbocycles. The van der Waals surface area contributed by atoms with Gasteiger partial charge in [-0.1, -0.05) is 51.0 Å². The summed E-state index contributed by atoms with van der Waals surface area (Å²) in [7, 11) is 0. The van der Waals surface area contributed by atoms with E-state index in [1.165, 1.54) is 11.3 Å². The Kier molecular flexibility index (Phi) is 11.8. The summed E-state index contributed by atoms with van der Waals surface area (Å²) < 4.78 is 7.08. The van der Waals surface area contributed by atoms with Crippen molar-refractivity contribution in [3.05, 3.63) is 87.7 Å². The highest BCUT2D eigenvalue weighted by Gasteiger charge is 2.32. The average molecular weight is 714 g/mol. The van der Waals surface area contributed by atoms with E-state index in [1.54, 1.807) is 39.2 Å². The van der Waals surface area contributed by atoms with Crippen molar-refractivity contribution < 1.29 is 24.2 Å². The van der Waals surface area contributed by atoms with Crippen molar-refractivity contribution in [2.75, 3.05) is 56.2 Å². The number of carbonyl (C=O) groups excluding carboxylic acids is 3. The highest BCUT2D eigenvalue weighted by Crippen LogP contribution is 2.30. The minimum Gasteiger partial charge on any atom is -0.394 e. The number of carbonyl (C=O) groups is 3. The number of morpholine rings is 1. The fraction of sp³-hybridized carbons (Fsp3) is 0.447. The number of benzene rings is 2. The molecule has 0 radical (unpaired) electrons. The number of aliphatic hydroxyl groups excluding tert-OH is 1. The van der Waals surface area contributed by atoms with E-state index in [-0.39, 0.29) is 35.6 Å². The Hall–Kier alpha value is -4.59. The topological polar surface area (TPSA) is 133 Å². The summed E-state index contributed by atoms with van der Waals surface area (Å²) in [6.07, 6.45) is 4.28. The molecule has 1 atom stereocenters. The van der Waals surface area contributed by atoms with Gasteiger partial charge in [-0.05, 0) is 61.6 Å². The number of anilines is 2. The van der Waals surface area contributed by atoms with E-state index < -0.39 is 6.04 Å². The number of amides is 3. The van der Waals surface area contributed by atoms with Crippen LogP contribution in [0.2, 0.25) is 0 Å². The van der Waals surface area contributed by atoms with Gasteiger partial charge in [0.25, 0.3) is 17.7 Å². The van der Waals surface area contributed by atoms with Crippen molar-refractivity contribution in [3.8, 4) is 5.69 Å². The maximum atomic E-state index is 14.6. The van der Waals surface area contributed by atoms with E-state index in [9.17, 15) is 19.5 Å². The van der Waals surface area contributed by atoms with Crippen LogP contribution in [0.3, 0.4) is 0 Å². The number of aryl methyl sites for hydroxylation is 1. The van der Waals surface area contributed by atoms with Gasteiger partial charge < -0.3 is 29.9 Å². The second-order valence-electron chi connectivity index (χ2n) is 13.1. The Balaban J connectivity index is 1.34. The first-order chi connectivity index (χ1) is 24.8. The molecule has 0 aliphatic carbocycles. The molecular formula is C38H47N7O5S. The van der Waals surface area contributed by atoms with Gasteiger partial charge in [-0.3, -0.25) is 14.4 Å². The van der Waals surface area contributed by atoms with Crippen LogP contribution in [0.5, 0.6) is 0 Å². The number of nitrogens with zero attached hydrogens (tertiary/aromatic N) is 6. The van der Waals surface area contributed by atoms with Crippen LogP contribution in [0, 0.1) is 6.92 Å². The Morgan fingerprint density at radius 2 is 1.73 bits per heavy atom. The molecule has 0 spiro atoms. The maximum Gasteiger partial charge on any atom is 0.275 e. The smallest absolute Gasteiger partial charge is 0.275 e. The van der Waals surface area contributed by atoms with Gasteiger partial charge in [-0.15, -0.1) is 11.3 Å². The molecule has 2 aromatic heterocycles. The van der Waals surface area contributed by atoms with Gasteiger partial charge in [-0.25, -0.2) is 9.67 Å². The first-order valence-electron chi connectivity index (χ1n) is 17.9. The van der Waals surface area contributed by atoms with Crippen molar-refractivity contribution in [1.82, 2.24) is 24.6 Å². The molecule has 12 nitrogen and oxygen atoms in total. The van der Waals surface area contributed by atoms with Gasteiger partial charge >= 0.3 is 0 Å². The Bertz CT molecular complexity index is 1840. The Labute approximate surface area is 303 Å². The lowest BCUT2D eigenvalue weighted by Crippen LogP contribution is -2.46. The zero-order valence-corrected chi connectivity index (χ0v) is 30.5. The zero-order valence-electron chi connectivity index (χ0n) is 29.6. The number of hydrogen-bond acceptors (Lipinski definition) is 9. The number of thiazole rings is 1. The van der Waals surface area contributed by atoms with E-state index in [0.29, 0.717) is 75.1 Å². The number of fused-ring (bicyclic) bond motifs is 1. The van der Waals surface area contributed by atoms with Crippen molar-refractivity contribution in [3.63, 3.8) is 0 Å². The van der Waals surface area contributed by atoms with Crippen LogP contribution < -0.4 is 10.2 Å². The minimum atomic E-state index is -0.436. The van der Waals surface area contributed by atoms with Gasteiger partial charge in [0.2, 0.25) is 0 Å². The molecule has 2 aromatic carbocycles. The van der Waals surface area contributed by atoms with E-state index in [0.717, 1.165) is 41.9 Å². The molecule has 2 aliphatic heterocycles. The quantitative estimate of drug-likeness (QED) is 0.190. The van der Waals surface area contributed by atoms with E-state index in [4.69, 9.17) is 9.84 Å². The highest BCUT2D eigenvalue weighted by atomic mass is 32.1. The maximum absolute atomic E-state index is 14.6. The lowest BCUT2D eigenvalue weighted by Gasteiger charge is -2.36. The predicted octanol–water partition coefficient (Wildman–Crippen LogP) is 5.33. The molecule has 270 valence electrons. The largest absolute Gasteiger partial charge is 0.394 e. The summed E-state index contributed by atoms with van der Waals surface area (Å²) in [6.45, 7) is 10.2. The first-order valence-corrected chi connectivity index (χ1v) is 18.8. The molecule has 1 saturated heterocycles. The van der Waals surface area contributed by atoms with Gasteiger partial charge in [0.05, 0.1) is 37.1 Å². The zero-order chi connectivity index (χ0) is 35.9. The molecule has 6 rings (SSSR count). The van der Waals surface area contributed by atoms with Crippen LogP contribution in [-0.4, -0.2) is 99.4 Å². The number of unbranched alkanes of at least 4 members (excludes halogenated alkanes) is 2. The van der Waals surface area contributed by atoms with E-state index in [2.05, 4.69) is 29.0 Å². The van der Waals surface area contributed by atoms with Gasteiger partial charge in [0.1, 0.15) is 5.69 Å². The summed E-state index contributed by atoms with van der Waals surface area (Å²) in [5, 5.41) is 20.6.